The minimum atomic E-state index is -0.815. The van der Waals surface area contributed by atoms with Gasteiger partial charge in [0.05, 0.1) is 17.8 Å². The van der Waals surface area contributed by atoms with Gasteiger partial charge in [-0.25, -0.2) is 13.8 Å². The van der Waals surface area contributed by atoms with Gasteiger partial charge < -0.3 is 10.1 Å². The Labute approximate surface area is 189 Å². The van der Waals surface area contributed by atoms with Gasteiger partial charge >= 0.3 is 5.69 Å². The Bertz CT molecular complexity index is 1280. The van der Waals surface area contributed by atoms with Crippen molar-refractivity contribution in [2.45, 2.75) is 38.8 Å². The van der Waals surface area contributed by atoms with Crippen LogP contribution >= 0.6 is 0 Å². The number of nitrogens with zero attached hydrogens (tertiary/aromatic N) is 3. The molecule has 0 unspecified atom stereocenters. The third-order valence-electron chi connectivity index (χ3n) is 5.81. The fourth-order valence-corrected chi connectivity index (χ4v) is 3.83. The minimum absolute atomic E-state index is 0.116. The Hall–Kier alpha value is -3.59. The van der Waals surface area contributed by atoms with Gasteiger partial charge in [-0.1, -0.05) is 36.4 Å². The summed E-state index contributed by atoms with van der Waals surface area (Å²) in [6.45, 7) is 4.14. The van der Waals surface area contributed by atoms with E-state index < -0.39 is 34.7 Å². The Morgan fingerprint density at radius 1 is 1.24 bits per heavy atom. The van der Waals surface area contributed by atoms with Crippen molar-refractivity contribution >= 4 is 5.91 Å². The van der Waals surface area contributed by atoms with Crippen LogP contribution in [0.5, 0.6) is 0 Å². The van der Waals surface area contributed by atoms with Crippen molar-refractivity contribution in [1.29, 1.82) is 0 Å². The lowest BCUT2D eigenvalue weighted by molar-refractivity contribution is 0.0849. The number of hydrogen-bond acceptors (Lipinski definition) is 5. The normalized spacial score (nSPS) is 16.5. The fourth-order valence-electron chi connectivity index (χ4n) is 3.83. The van der Waals surface area contributed by atoms with Crippen molar-refractivity contribution in [3.63, 3.8) is 0 Å². The quantitative estimate of drug-likeness (QED) is 0.620. The Morgan fingerprint density at radius 3 is 2.67 bits per heavy atom. The van der Waals surface area contributed by atoms with Gasteiger partial charge in [0.2, 0.25) is 5.69 Å². The topological polar surface area (TPSA) is 95.2 Å². The average molecular weight is 452 g/mol. The second kappa shape index (κ2) is 9.50. The molecule has 2 heterocycles. The van der Waals surface area contributed by atoms with Crippen LogP contribution in [0, 0.1) is 12.7 Å². The zero-order valence-electron chi connectivity index (χ0n) is 18.5. The zero-order chi connectivity index (χ0) is 23.5. The highest BCUT2D eigenvalue weighted by Gasteiger charge is 2.25. The summed E-state index contributed by atoms with van der Waals surface area (Å²) in [5.41, 5.74) is -0.815. The molecule has 0 spiro atoms. The molecule has 9 heteroatoms. The molecule has 3 aromatic rings. The van der Waals surface area contributed by atoms with E-state index in [1.807, 2.05) is 6.07 Å². The molecule has 1 aliphatic rings. The van der Waals surface area contributed by atoms with Crippen LogP contribution in [-0.2, 0) is 4.74 Å². The molecular weight excluding hydrogens is 427 g/mol. The average Bonchev–Trinajstić information content (AvgIpc) is 3.34. The third kappa shape index (κ3) is 4.63. The molecule has 1 fully saturated rings. The second-order valence-corrected chi connectivity index (χ2v) is 8.08. The Balaban J connectivity index is 1.83. The van der Waals surface area contributed by atoms with Crippen LogP contribution in [0.2, 0.25) is 0 Å². The summed E-state index contributed by atoms with van der Waals surface area (Å²) in [6.07, 6.45) is 1.59. The van der Waals surface area contributed by atoms with Crippen molar-refractivity contribution in [3.8, 4) is 5.69 Å². The molecule has 8 nitrogen and oxygen atoms in total. The van der Waals surface area contributed by atoms with E-state index in [4.69, 9.17) is 4.74 Å². The highest BCUT2D eigenvalue weighted by atomic mass is 19.1. The number of benzene rings is 2. The summed E-state index contributed by atoms with van der Waals surface area (Å²) in [4.78, 5) is 39.5. The molecule has 0 bridgehead atoms. The van der Waals surface area contributed by atoms with E-state index >= 15 is 0 Å². The number of amides is 1. The van der Waals surface area contributed by atoms with E-state index in [2.05, 4.69) is 10.4 Å². The molecule has 1 amide bonds. The van der Waals surface area contributed by atoms with Crippen molar-refractivity contribution in [3.05, 3.63) is 92.0 Å². The van der Waals surface area contributed by atoms with Crippen molar-refractivity contribution in [2.75, 3.05) is 13.2 Å². The van der Waals surface area contributed by atoms with Crippen LogP contribution in [0.3, 0.4) is 0 Å². The molecule has 1 aromatic heterocycles. The zero-order valence-corrected chi connectivity index (χ0v) is 18.5. The maximum absolute atomic E-state index is 14.2. The number of halogens is 1. The van der Waals surface area contributed by atoms with Gasteiger partial charge in [-0.05, 0) is 43.9 Å². The molecule has 2 aromatic carbocycles. The molecule has 1 saturated heterocycles. The van der Waals surface area contributed by atoms with Gasteiger partial charge in [0.15, 0.2) is 0 Å². The predicted molar refractivity (Wildman–Crippen MR) is 120 cm³/mol. The van der Waals surface area contributed by atoms with Crippen LogP contribution in [0.25, 0.3) is 5.69 Å². The largest absolute Gasteiger partial charge is 0.376 e. The first-order valence-electron chi connectivity index (χ1n) is 10.8. The molecule has 1 aliphatic heterocycles. The van der Waals surface area contributed by atoms with Crippen LogP contribution in [0.1, 0.15) is 47.4 Å². The summed E-state index contributed by atoms with van der Waals surface area (Å²) in [5, 5.41) is 6.72. The number of ether oxygens (including phenoxy) is 1. The van der Waals surface area contributed by atoms with Crippen molar-refractivity contribution < 1.29 is 13.9 Å². The number of rotatable bonds is 6. The first kappa shape index (κ1) is 22.6. The molecule has 1 N–H and O–H groups in total. The molecule has 172 valence electrons. The first-order chi connectivity index (χ1) is 15.9. The maximum atomic E-state index is 14.2. The molecule has 33 heavy (non-hydrogen) atoms. The van der Waals surface area contributed by atoms with Crippen LogP contribution in [0.15, 0.2) is 58.1 Å². The highest BCUT2D eigenvalue weighted by Crippen LogP contribution is 2.16. The van der Waals surface area contributed by atoms with E-state index in [-0.39, 0.29) is 18.3 Å². The summed E-state index contributed by atoms with van der Waals surface area (Å²) in [5.74, 6) is -1.25. The van der Waals surface area contributed by atoms with E-state index in [0.29, 0.717) is 17.7 Å². The van der Waals surface area contributed by atoms with Crippen LogP contribution in [-0.4, -0.2) is 39.5 Å². The lowest BCUT2D eigenvalue weighted by Gasteiger charge is -2.18. The lowest BCUT2D eigenvalue weighted by atomic mass is 10.1. The van der Waals surface area contributed by atoms with Crippen LogP contribution in [0.4, 0.5) is 4.39 Å². The monoisotopic (exact) mass is 452 g/mol. The molecule has 0 saturated carbocycles. The van der Waals surface area contributed by atoms with Crippen LogP contribution < -0.4 is 16.6 Å². The Morgan fingerprint density at radius 2 is 2.00 bits per heavy atom. The van der Waals surface area contributed by atoms with Gasteiger partial charge in [0.1, 0.15) is 5.82 Å². The van der Waals surface area contributed by atoms with Gasteiger partial charge in [0.25, 0.3) is 11.5 Å². The molecule has 0 radical (unpaired) electrons. The number of carbonyl (C=O) groups is 1. The molecular formula is C24H25FN4O4. The van der Waals surface area contributed by atoms with E-state index in [0.717, 1.165) is 28.2 Å². The number of carbonyl (C=O) groups excluding carboxylic acids is 1. The standard InChI is InChI=1S/C24H25FN4O4/c1-15-10-11-18(13-20(15)25)29-24(32)28(16(2)17-7-4-3-5-8-17)23(31)21(27-29)22(30)26-14-19-9-6-12-33-19/h3-5,7-8,10-11,13,16,19H,6,9,12,14H2,1-2H3,(H,26,30)/t16-,19-/m0/s1. The summed E-state index contributed by atoms with van der Waals surface area (Å²) >= 11 is 0. The Kier molecular flexibility index (Phi) is 6.50. The van der Waals surface area contributed by atoms with E-state index in [9.17, 15) is 18.8 Å². The number of nitrogens with one attached hydrogen (secondary N) is 1. The molecule has 2 atom stereocenters. The predicted octanol–water partition coefficient (Wildman–Crippen LogP) is 2.36. The second-order valence-electron chi connectivity index (χ2n) is 8.08. The van der Waals surface area contributed by atoms with Gasteiger partial charge in [-0.3, -0.25) is 9.59 Å². The minimum Gasteiger partial charge on any atom is -0.376 e. The van der Waals surface area contributed by atoms with E-state index in [1.54, 1.807) is 38.1 Å². The van der Waals surface area contributed by atoms with Gasteiger partial charge in [0, 0.05) is 19.2 Å². The fraction of sp³-hybridized carbons (Fsp3) is 0.333. The van der Waals surface area contributed by atoms with E-state index in [1.165, 1.54) is 12.1 Å². The van der Waals surface area contributed by atoms with Gasteiger partial charge in [-0.15, -0.1) is 0 Å². The number of aromatic nitrogens is 3. The summed E-state index contributed by atoms with van der Waals surface area (Å²) in [6, 6.07) is 12.5. The van der Waals surface area contributed by atoms with Gasteiger partial charge in [-0.2, -0.15) is 9.78 Å². The summed E-state index contributed by atoms with van der Waals surface area (Å²) < 4.78 is 21.6. The van der Waals surface area contributed by atoms with Crippen molar-refractivity contribution in [1.82, 2.24) is 19.7 Å². The third-order valence-corrected chi connectivity index (χ3v) is 5.81. The summed E-state index contributed by atoms with van der Waals surface area (Å²) in [7, 11) is 0. The number of aryl methyl sites for hydroxylation is 1. The van der Waals surface area contributed by atoms with Crippen molar-refractivity contribution in [2.24, 2.45) is 0 Å². The smallest absolute Gasteiger partial charge is 0.352 e. The molecule has 4 rings (SSSR count). The SMILES string of the molecule is Cc1ccc(-n2nc(C(=O)NC[C@@H]3CCCO3)c(=O)n([C@@H](C)c3ccccc3)c2=O)cc1F. The highest BCUT2D eigenvalue weighted by molar-refractivity contribution is 5.91. The maximum Gasteiger partial charge on any atom is 0.352 e. The number of hydrogen-bond donors (Lipinski definition) is 1. The first-order valence-corrected chi connectivity index (χ1v) is 10.8. The lowest BCUT2D eigenvalue weighted by Crippen LogP contribution is -2.47. The molecule has 0 aliphatic carbocycles.